The molecule has 0 bridgehead atoms. The summed E-state index contributed by atoms with van der Waals surface area (Å²) in [5, 5.41) is 0. The van der Waals surface area contributed by atoms with E-state index >= 15 is 0 Å². The molecule has 0 aromatic rings. The van der Waals surface area contributed by atoms with Crippen molar-refractivity contribution in [1.82, 2.24) is 0 Å². The molecule has 0 rings (SSSR count). The molecule has 0 saturated heterocycles. The molecule has 0 saturated carbocycles. The summed E-state index contributed by atoms with van der Waals surface area (Å²) in [6.45, 7) is 15.3. The fourth-order valence-electron chi connectivity index (χ4n) is 1.15. The lowest BCUT2D eigenvalue weighted by atomic mass is 10.3. The van der Waals surface area contributed by atoms with Crippen LogP contribution in [0, 0.1) is 6.92 Å². The van der Waals surface area contributed by atoms with E-state index in [-0.39, 0.29) is 0 Å². The van der Waals surface area contributed by atoms with Gasteiger partial charge in [0.2, 0.25) is 0 Å². The van der Waals surface area contributed by atoms with Crippen LogP contribution in [0.4, 0.5) is 0 Å². The van der Waals surface area contributed by atoms with E-state index in [0.717, 1.165) is 6.54 Å². The Hall–Kier alpha value is -0.0400. The van der Waals surface area contributed by atoms with E-state index < -0.39 is 0 Å². The smallest absolute Gasteiger partial charge is 0.0788 e. The zero-order valence-electron chi connectivity index (χ0n) is 6.98. The molecule has 0 aliphatic heterocycles. The lowest BCUT2D eigenvalue weighted by Crippen LogP contribution is -2.47. The molecular formula is C8H19N+. The Balaban J connectivity index is 3.82. The molecule has 0 aromatic heterocycles. The maximum Gasteiger partial charge on any atom is 0.0788 e. The Bertz CT molecular complexity index is 47.5. The van der Waals surface area contributed by atoms with Crippen LogP contribution < -0.4 is 0 Å². The first-order valence-electron chi connectivity index (χ1n) is 3.89. The van der Waals surface area contributed by atoms with E-state index in [9.17, 15) is 0 Å². The first-order valence-corrected chi connectivity index (χ1v) is 3.89. The minimum absolute atomic E-state index is 1.03. The van der Waals surface area contributed by atoms with Crippen molar-refractivity contribution in [1.29, 1.82) is 0 Å². The van der Waals surface area contributed by atoms with Gasteiger partial charge in [0, 0.05) is 6.92 Å². The monoisotopic (exact) mass is 129 g/mol. The number of rotatable bonds is 4. The standard InChI is InChI=1S/C8H19N/c1-5-9(6-2,7-3)8-4/h1,5-8H2,2-4H3/q+1. The Labute approximate surface area is 59.3 Å². The maximum atomic E-state index is 3.94. The summed E-state index contributed by atoms with van der Waals surface area (Å²) in [7, 11) is 0. The predicted molar refractivity (Wildman–Crippen MR) is 42.1 cm³/mol. The lowest BCUT2D eigenvalue weighted by Gasteiger charge is -2.34. The maximum absolute atomic E-state index is 3.94. The Kier molecular flexibility index (Phi) is 3.87. The fraction of sp³-hybridized carbons (Fsp3) is 0.875. The highest BCUT2D eigenvalue weighted by atomic mass is 15.3. The number of hydrogen-bond acceptors (Lipinski definition) is 0. The molecule has 1 heteroatoms. The molecule has 9 heavy (non-hydrogen) atoms. The van der Waals surface area contributed by atoms with Crippen molar-refractivity contribution in [2.75, 3.05) is 26.2 Å². The third kappa shape index (κ3) is 1.98. The number of hydrogen-bond donors (Lipinski definition) is 0. The molecule has 0 heterocycles. The molecule has 0 amide bonds. The quantitative estimate of drug-likeness (QED) is 0.507. The van der Waals surface area contributed by atoms with Gasteiger partial charge in [-0.15, -0.1) is 0 Å². The molecule has 1 nitrogen and oxygen atoms in total. The van der Waals surface area contributed by atoms with Crippen LogP contribution in [0.5, 0.6) is 0 Å². The first kappa shape index (κ1) is 8.96. The van der Waals surface area contributed by atoms with E-state index in [1.807, 2.05) is 0 Å². The fourth-order valence-corrected chi connectivity index (χ4v) is 1.15. The summed E-state index contributed by atoms with van der Waals surface area (Å²) < 4.78 is 1.17. The molecule has 0 atom stereocenters. The highest BCUT2D eigenvalue weighted by molar-refractivity contribution is 4.38. The SMILES string of the molecule is [CH2]C[N+](CC)(CC)CC. The van der Waals surface area contributed by atoms with Gasteiger partial charge in [0.15, 0.2) is 0 Å². The first-order chi connectivity index (χ1) is 4.24. The number of nitrogens with zero attached hydrogens (tertiary/aromatic N) is 1. The Morgan fingerprint density at radius 2 is 1.33 bits per heavy atom. The predicted octanol–water partition coefficient (Wildman–Crippen LogP) is 1.70. The van der Waals surface area contributed by atoms with Crippen LogP contribution in [-0.2, 0) is 0 Å². The van der Waals surface area contributed by atoms with Crippen LogP contribution in [0.25, 0.3) is 0 Å². The molecule has 0 aliphatic carbocycles. The van der Waals surface area contributed by atoms with Gasteiger partial charge in [0.1, 0.15) is 0 Å². The average molecular weight is 129 g/mol. The molecule has 1 radical (unpaired) electrons. The molecule has 0 aliphatic rings. The topological polar surface area (TPSA) is 0 Å². The van der Waals surface area contributed by atoms with Crippen molar-refractivity contribution in [2.24, 2.45) is 0 Å². The lowest BCUT2D eigenvalue weighted by molar-refractivity contribution is -0.918. The summed E-state index contributed by atoms with van der Waals surface area (Å²) >= 11 is 0. The summed E-state index contributed by atoms with van der Waals surface area (Å²) in [6, 6.07) is 0. The van der Waals surface area contributed by atoms with Gasteiger partial charge in [-0.2, -0.15) is 0 Å². The van der Waals surface area contributed by atoms with Gasteiger partial charge >= 0.3 is 0 Å². The van der Waals surface area contributed by atoms with Gasteiger partial charge in [-0.25, -0.2) is 0 Å². The van der Waals surface area contributed by atoms with E-state index in [0.29, 0.717) is 0 Å². The van der Waals surface area contributed by atoms with Crippen LogP contribution >= 0.6 is 0 Å². The second-order valence-electron chi connectivity index (χ2n) is 2.51. The third-order valence-corrected chi connectivity index (χ3v) is 2.49. The van der Waals surface area contributed by atoms with Crippen molar-refractivity contribution >= 4 is 0 Å². The zero-order chi connectivity index (χ0) is 7.33. The van der Waals surface area contributed by atoms with Gasteiger partial charge in [-0.1, -0.05) is 0 Å². The normalized spacial score (nSPS) is 12.0. The minimum atomic E-state index is 1.03. The number of quaternary nitrogens is 1. The molecule has 0 N–H and O–H groups in total. The van der Waals surface area contributed by atoms with Crippen molar-refractivity contribution in [2.45, 2.75) is 20.8 Å². The van der Waals surface area contributed by atoms with Crippen molar-refractivity contribution in [3.8, 4) is 0 Å². The van der Waals surface area contributed by atoms with Gasteiger partial charge in [-0.3, -0.25) is 0 Å². The molecule has 0 aromatic carbocycles. The Morgan fingerprint density at radius 3 is 1.33 bits per heavy atom. The van der Waals surface area contributed by atoms with Gasteiger partial charge in [0.25, 0.3) is 0 Å². The molecule has 0 unspecified atom stereocenters. The van der Waals surface area contributed by atoms with Crippen LogP contribution in [0.15, 0.2) is 0 Å². The summed E-state index contributed by atoms with van der Waals surface area (Å²) in [5.74, 6) is 0. The summed E-state index contributed by atoms with van der Waals surface area (Å²) in [5.41, 5.74) is 0. The highest BCUT2D eigenvalue weighted by Crippen LogP contribution is 2.02. The molecular weight excluding hydrogens is 110 g/mol. The highest BCUT2D eigenvalue weighted by Gasteiger charge is 2.16. The second-order valence-corrected chi connectivity index (χ2v) is 2.51. The molecule has 0 fully saturated rings. The molecule has 55 valence electrons. The van der Waals surface area contributed by atoms with Gasteiger partial charge in [-0.05, 0) is 20.8 Å². The van der Waals surface area contributed by atoms with E-state index in [4.69, 9.17) is 0 Å². The van der Waals surface area contributed by atoms with Crippen molar-refractivity contribution in [3.05, 3.63) is 6.92 Å². The largest absolute Gasteiger partial charge is 0.324 e. The third-order valence-electron chi connectivity index (χ3n) is 2.49. The van der Waals surface area contributed by atoms with Crippen LogP contribution in [0.1, 0.15) is 20.8 Å². The molecule has 0 spiro atoms. The summed E-state index contributed by atoms with van der Waals surface area (Å²) in [6.07, 6.45) is 0. The van der Waals surface area contributed by atoms with E-state index in [1.54, 1.807) is 0 Å². The van der Waals surface area contributed by atoms with Crippen LogP contribution in [0.2, 0.25) is 0 Å². The van der Waals surface area contributed by atoms with Gasteiger partial charge in [0.05, 0.1) is 26.2 Å². The summed E-state index contributed by atoms with van der Waals surface area (Å²) in [4.78, 5) is 0. The van der Waals surface area contributed by atoms with Crippen molar-refractivity contribution < 1.29 is 4.48 Å². The van der Waals surface area contributed by atoms with Crippen LogP contribution in [-0.4, -0.2) is 30.7 Å². The van der Waals surface area contributed by atoms with Crippen molar-refractivity contribution in [3.63, 3.8) is 0 Å². The van der Waals surface area contributed by atoms with E-state index in [2.05, 4.69) is 27.7 Å². The Morgan fingerprint density at radius 1 is 1.00 bits per heavy atom. The minimum Gasteiger partial charge on any atom is -0.324 e. The van der Waals surface area contributed by atoms with E-state index in [1.165, 1.54) is 24.1 Å². The zero-order valence-corrected chi connectivity index (χ0v) is 6.98. The average Bonchev–Trinajstić information content (AvgIpc) is 1.95. The second kappa shape index (κ2) is 3.89. The van der Waals surface area contributed by atoms with Crippen LogP contribution in [0.3, 0.4) is 0 Å². The van der Waals surface area contributed by atoms with Gasteiger partial charge < -0.3 is 4.48 Å².